The van der Waals surface area contributed by atoms with Gasteiger partial charge in [0.05, 0.1) is 34.2 Å². The lowest BCUT2D eigenvalue weighted by atomic mass is 10.1. The summed E-state index contributed by atoms with van der Waals surface area (Å²) >= 11 is 0. The summed E-state index contributed by atoms with van der Waals surface area (Å²) < 4.78 is 0. The van der Waals surface area contributed by atoms with Crippen molar-refractivity contribution in [1.82, 2.24) is 25.4 Å². The highest BCUT2D eigenvalue weighted by molar-refractivity contribution is 5.70. The summed E-state index contributed by atoms with van der Waals surface area (Å²) in [5.74, 6) is 0.435. The maximum absolute atomic E-state index is 9.45. The van der Waals surface area contributed by atoms with E-state index in [1.54, 1.807) is 24.3 Å². The molecule has 146 valence electrons. The zero-order chi connectivity index (χ0) is 20.5. The lowest BCUT2D eigenvalue weighted by molar-refractivity contribution is 0.475. The Morgan fingerprint density at radius 2 is 0.967 bits per heavy atom. The molecule has 0 aliphatic rings. The maximum Gasteiger partial charge on any atom is 0.115 e. The van der Waals surface area contributed by atoms with Crippen LogP contribution in [0.15, 0.2) is 78.9 Å². The second-order valence-electron chi connectivity index (χ2n) is 6.84. The lowest BCUT2D eigenvalue weighted by Crippen LogP contribution is -1.88. The van der Waals surface area contributed by atoms with E-state index in [2.05, 4.69) is 20.4 Å². The predicted molar refractivity (Wildman–Crippen MR) is 114 cm³/mol. The Morgan fingerprint density at radius 3 is 1.40 bits per heavy atom. The number of benzene rings is 2. The molecule has 0 radical (unpaired) electrons. The first kappa shape index (κ1) is 17.7. The molecular weight excluding hydrogens is 378 g/mol. The highest BCUT2D eigenvalue weighted by Gasteiger charge is 2.11. The van der Waals surface area contributed by atoms with Crippen molar-refractivity contribution < 1.29 is 10.2 Å². The second-order valence-corrected chi connectivity index (χ2v) is 6.84. The minimum absolute atomic E-state index is 0.218. The standard InChI is InChI=1S/C23H17N5O2/c29-16-8-4-14(5-9-16)20-12-22(27-25-20)18-2-1-3-19(24-18)23-13-21(26-28-23)15-6-10-17(30)11-7-15/h1-13,29-30H,(H,25,27)(H,26,28). The second kappa shape index (κ2) is 7.21. The van der Waals surface area contributed by atoms with Gasteiger partial charge in [0.2, 0.25) is 0 Å². The van der Waals surface area contributed by atoms with Crippen LogP contribution >= 0.6 is 0 Å². The molecule has 0 bridgehead atoms. The highest BCUT2D eigenvalue weighted by Crippen LogP contribution is 2.27. The molecule has 0 aliphatic heterocycles. The molecule has 3 heterocycles. The Bertz CT molecular complexity index is 1210. The minimum atomic E-state index is 0.218. The Hall–Kier alpha value is -4.39. The van der Waals surface area contributed by atoms with Crippen molar-refractivity contribution in [2.45, 2.75) is 0 Å². The van der Waals surface area contributed by atoms with E-state index >= 15 is 0 Å². The summed E-state index contributed by atoms with van der Waals surface area (Å²) in [6, 6.07) is 23.4. The van der Waals surface area contributed by atoms with E-state index < -0.39 is 0 Å². The van der Waals surface area contributed by atoms with Gasteiger partial charge in [-0.05, 0) is 72.8 Å². The predicted octanol–water partition coefficient (Wildman–Crippen LogP) is 4.61. The average molecular weight is 395 g/mol. The SMILES string of the molecule is Oc1ccc(-c2cc(-c3cccc(-c4cc(-c5ccc(O)cc5)n[nH]4)n3)[nH]n2)cc1. The molecule has 5 rings (SSSR count). The summed E-state index contributed by atoms with van der Waals surface area (Å²) in [7, 11) is 0. The average Bonchev–Trinajstić information content (AvgIpc) is 3.45. The monoisotopic (exact) mass is 395 g/mol. The molecule has 4 N–H and O–H groups in total. The van der Waals surface area contributed by atoms with Gasteiger partial charge in [-0.3, -0.25) is 10.2 Å². The molecule has 7 heteroatoms. The van der Waals surface area contributed by atoms with Crippen LogP contribution in [0.2, 0.25) is 0 Å². The summed E-state index contributed by atoms with van der Waals surface area (Å²) in [4.78, 5) is 4.73. The first-order chi connectivity index (χ1) is 14.7. The third kappa shape index (κ3) is 3.40. The van der Waals surface area contributed by atoms with E-state index in [1.165, 1.54) is 0 Å². The van der Waals surface area contributed by atoms with Crippen LogP contribution < -0.4 is 0 Å². The van der Waals surface area contributed by atoms with Crippen LogP contribution in [0.1, 0.15) is 0 Å². The van der Waals surface area contributed by atoms with Crippen molar-refractivity contribution in [1.29, 1.82) is 0 Å². The van der Waals surface area contributed by atoms with Crippen LogP contribution in [0.4, 0.5) is 0 Å². The number of hydrogen-bond acceptors (Lipinski definition) is 5. The first-order valence-corrected chi connectivity index (χ1v) is 9.33. The van der Waals surface area contributed by atoms with Crippen molar-refractivity contribution in [2.24, 2.45) is 0 Å². The van der Waals surface area contributed by atoms with Gasteiger partial charge in [0.1, 0.15) is 11.5 Å². The highest BCUT2D eigenvalue weighted by atomic mass is 16.3. The third-order valence-electron chi connectivity index (χ3n) is 4.78. The molecule has 5 aromatic rings. The summed E-state index contributed by atoms with van der Waals surface area (Å²) in [6.45, 7) is 0. The Balaban J connectivity index is 1.44. The molecule has 0 saturated heterocycles. The maximum atomic E-state index is 9.45. The smallest absolute Gasteiger partial charge is 0.115 e. The molecule has 0 amide bonds. The van der Waals surface area contributed by atoms with Crippen molar-refractivity contribution >= 4 is 0 Å². The Morgan fingerprint density at radius 1 is 0.533 bits per heavy atom. The van der Waals surface area contributed by atoms with E-state index in [0.717, 1.165) is 45.3 Å². The van der Waals surface area contributed by atoms with Crippen molar-refractivity contribution in [3.63, 3.8) is 0 Å². The van der Waals surface area contributed by atoms with Crippen molar-refractivity contribution in [2.75, 3.05) is 0 Å². The van der Waals surface area contributed by atoms with Gasteiger partial charge in [-0.15, -0.1) is 0 Å². The number of pyridine rings is 1. The van der Waals surface area contributed by atoms with Gasteiger partial charge < -0.3 is 10.2 Å². The van der Waals surface area contributed by atoms with Crippen molar-refractivity contribution in [3.8, 4) is 56.8 Å². The van der Waals surface area contributed by atoms with Gasteiger partial charge in [0.15, 0.2) is 0 Å². The number of aromatic amines is 2. The number of hydrogen-bond donors (Lipinski definition) is 4. The summed E-state index contributed by atoms with van der Waals surface area (Å²) in [6.07, 6.45) is 0. The summed E-state index contributed by atoms with van der Waals surface area (Å²) in [5.41, 5.74) is 6.44. The molecule has 0 spiro atoms. The third-order valence-corrected chi connectivity index (χ3v) is 4.78. The van der Waals surface area contributed by atoms with Crippen LogP contribution in [-0.4, -0.2) is 35.6 Å². The number of rotatable bonds is 4. The number of aromatic nitrogens is 5. The fourth-order valence-corrected chi connectivity index (χ4v) is 3.20. The van der Waals surface area contributed by atoms with E-state index in [0.29, 0.717) is 0 Å². The number of phenols is 2. The summed E-state index contributed by atoms with van der Waals surface area (Å²) in [5, 5.41) is 33.7. The topological polar surface area (TPSA) is 111 Å². The normalized spacial score (nSPS) is 10.9. The number of phenolic OH excluding ortho intramolecular Hbond substituents is 2. The van der Waals surface area contributed by atoms with E-state index in [9.17, 15) is 10.2 Å². The number of nitrogens with one attached hydrogen (secondary N) is 2. The van der Waals surface area contributed by atoms with Gasteiger partial charge in [0, 0.05) is 11.1 Å². The number of H-pyrrole nitrogens is 2. The largest absolute Gasteiger partial charge is 0.508 e. The van der Waals surface area contributed by atoms with Gasteiger partial charge >= 0.3 is 0 Å². The van der Waals surface area contributed by atoms with Crippen LogP contribution in [0, 0.1) is 0 Å². The van der Waals surface area contributed by atoms with Crippen LogP contribution in [0.3, 0.4) is 0 Å². The van der Waals surface area contributed by atoms with Gasteiger partial charge in [0.25, 0.3) is 0 Å². The molecule has 0 fully saturated rings. The lowest BCUT2D eigenvalue weighted by Gasteiger charge is -2.00. The molecule has 0 aliphatic carbocycles. The Labute approximate surface area is 171 Å². The van der Waals surface area contributed by atoms with E-state index in [-0.39, 0.29) is 11.5 Å². The molecular formula is C23H17N5O2. The molecule has 0 saturated carbocycles. The zero-order valence-corrected chi connectivity index (χ0v) is 15.7. The van der Waals surface area contributed by atoms with Crippen LogP contribution in [0.25, 0.3) is 45.3 Å². The van der Waals surface area contributed by atoms with Gasteiger partial charge in [-0.25, -0.2) is 4.98 Å². The van der Waals surface area contributed by atoms with Crippen molar-refractivity contribution in [3.05, 3.63) is 78.9 Å². The first-order valence-electron chi connectivity index (χ1n) is 9.33. The molecule has 2 aromatic carbocycles. The fraction of sp³-hybridized carbons (Fsp3) is 0. The molecule has 3 aromatic heterocycles. The molecule has 0 unspecified atom stereocenters. The Kier molecular flexibility index (Phi) is 4.25. The minimum Gasteiger partial charge on any atom is -0.508 e. The molecule has 7 nitrogen and oxygen atoms in total. The number of nitrogens with zero attached hydrogens (tertiary/aromatic N) is 3. The van der Waals surface area contributed by atoms with Gasteiger partial charge in [-0.1, -0.05) is 6.07 Å². The molecule has 30 heavy (non-hydrogen) atoms. The zero-order valence-electron chi connectivity index (χ0n) is 15.7. The molecule has 0 atom stereocenters. The fourth-order valence-electron chi connectivity index (χ4n) is 3.20. The van der Waals surface area contributed by atoms with Gasteiger partial charge in [-0.2, -0.15) is 10.2 Å². The van der Waals surface area contributed by atoms with E-state index in [1.807, 2.05) is 54.6 Å². The number of aromatic hydroxyl groups is 2. The van der Waals surface area contributed by atoms with E-state index in [4.69, 9.17) is 4.98 Å². The van der Waals surface area contributed by atoms with Crippen LogP contribution in [0.5, 0.6) is 11.5 Å². The van der Waals surface area contributed by atoms with Crippen LogP contribution in [-0.2, 0) is 0 Å². The quantitative estimate of drug-likeness (QED) is 0.355.